The number of rotatable bonds is 5. The summed E-state index contributed by atoms with van der Waals surface area (Å²) in [5, 5.41) is 4.67. The van der Waals surface area contributed by atoms with Gasteiger partial charge in [-0.2, -0.15) is 5.10 Å². The molecule has 0 bridgehead atoms. The van der Waals surface area contributed by atoms with Gasteiger partial charge in [0.25, 0.3) is 0 Å². The van der Waals surface area contributed by atoms with E-state index < -0.39 is 0 Å². The quantitative estimate of drug-likeness (QED) is 0.762. The Morgan fingerprint density at radius 1 is 1.17 bits per heavy atom. The lowest BCUT2D eigenvalue weighted by Gasteiger charge is -2.41. The Morgan fingerprint density at radius 2 is 1.88 bits per heavy atom. The minimum atomic E-state index is -0.199. The highest BCUT2D eigenvalue weighted by molar-refractivity contribution is 6.69. The summed E-state index contributed by atoms with van der Waals surface area (Å²) in [7, 11) is 0. The average molecular weight is 332 g/mol. The van der Waals surface area contributed by atoms with Gasteiger partial charge in [0.2, 0.25) is 0 Å². The fourth-order valence-corrected chi connectivity index (χ4v) is 3.23. The Morgan fingerprint density at radius 3 is 2.42 bits per heavy atom. The average Bonchev–Trinajstić information content (AvgIpc) is 3.28. The number of aromatic nitrogens is 2. The van der Waals surface area contributed by atoms with Gasteiger partial charge in [0, 0.05) is 12.2 Å². The summed E-state index contributed by atoms with van der Waals surface area (Å²) in [6, 6.07) is 0. The highest BCUT2D eigenvalue weighted by atomic mass is 16.5. The van der Waals surface area contributed by atoms with Crippen molar-refractivity contribution in [2.45, 2.75) is 91.3 Å². The van der Waals surface area contributed by atoms with Gasteiger partial charge in [0.05, 0.1) is 11.8 Å². The molecule has 1 atom stereocenters. The van der Waals surface area contributed by atoms with Crippen LogP contribution in [-0.2, 0) is 9.39 Å². The summed E-state index contributed by atoms with van der Waals surface area (Å²) in [6.45, 7) is 14.3. The van der Waals surface area contributed by atoms with Crippen LogP contribution in [0.2, 0.25) is 5.82 Å². The van der Waals surface area contributed by atoms with Crippen molar-refractivity contribution in [1.29, 1.82) is 0 Å². The van der Waals surface area contributed by atoms with Gasteiger partial charge in [0.15, 0.2) is 0 Å². The normalized spacial score (nSPS) is 22.7. The Bertz CT molecular complexity index is 566. The molecule has 0 aromatic carbocycles. The van der Waals surface area contributed by atoms with Crippen LogP contribution in [0, 0.1) is 12.3 Å². The molecule has 1 aliphatic heterocycles. The molecule has 1 aromatic heterocycles. The molecule has 2 aliphatic rings. The van der Waals surface area contributed by atoms with E-state index in [1.165, 1.54) is 30.4 Å². The van der Waals surface area contributed by atoms with E-state index in [0.717, 1.165) is 19.4 Å². The molecule has 2 heterocycles. The summed E-state index contributed by atoms with van der Waals surface area (Å²) in [4.78, 5) is 0. The van der Waals surface area contributed by atoms with Crippen molar-refractivity contribution in [1.82, 2.24) is 9.78 Å². The first-order valence-electron chi connectivity index (χ1n) is 9.54. The molecule has 3 rings (SSSR count). The molecule has 5 heteroatoms. The number of hydrogen-bond donors (Lipinski definition) is 0. The molecule has 1 unspecified atom stereocenters. The maximum Gasteiger partial charge on any atom is 0.349 e. The second-order valence-corrected chi connectivity index (χ2v) is 9.11. The van der Waals surface area contributed by atoms with E-state index >= 15 is 0 Å². The number of aryl methyl sites for hydroxylation is 1. The van der Waals surface area contributed by atoms with Gasteiger partial charge in [0.1, 0.15) is 6.23 Å². The zero-order chi connectivity index (χ0) is 17.5. The van der Waals surface area contributed by atoms with Crippen molar-refractivity contribution in [3.05, 3.63) is 11.8 Å². The molecule has 0 N–H and O–H groups in total. The van der Waals surface area contributed by atoms with Crippen molar-refractivity contribution in [2.24, 2.45) is 5.41 Å². The Balaban J connectivity index is 1.90. The van der Waals surface area contributed by atoms with Crippen molar-refractivity contribution in [3.63, 3.8) is 0 Å². The minimum Gasteiger partial charge on any atom is -0.424 e. The van der Waals surface area contributed by atoms with E-state index in [1.54, 1.807) is 0 Å². The fraction of sp³-hybridized carbons (Fsp3) is 0.842. The first kappa shape index (κ1) is 18.0. The van der Waals surface area contributed by atoms with Crippen LogP contribution in [-0.4, -0.2) is 28.9 Å². The standard InChI is InChI=1S/C19H33BN2O2/c1-14-13-21-22(16-9-7-8-12-23-16)17(14)20(15-10-11-15)24-19(5,6)18(2,3)4/h13,15-16H,7-12H2,1-6H3. The summed E-state index contributed by atoms with van der Waals surface area (Å²) < 4.78 is 14.9. The highest BCUT2D eigenvalue weighted by Gasteiger charge is 2.47. The molecule has 1 saturated carbocycles. The van der Waals surface area contributed by atoms with Crippen molar-refractivity contribution in [3.8, 4) is 0 Å². The molecule has 1 aliphatic carbocycles. The van der Waals surface area contributed by atoms with E-state index in [1.807, 2.05) is 6.20 Å². The van der Waals surface area contributed by atoms with Crippen LogP contribution in [0.25, 0.3) is 0 Å². The topological polar surface area (TPSA) is 36.3 Å². The van der Waals surface area contributed by atoms with Crippen LogP contribution in [0.4, 0.5) is 0 Å². The second kappa shape index (κ2) is 6.49. The van der Waals surface area contributed by atoms with Gasteiger partial charge in [-0.25, -0.2) is 4.68 Å². The summed E-state index contributed by atoms with van der Waals surface area (Å²) in [5.74, 6) is 0.615. The highest BCUT2D eigenvalue weighted by Crippen LogP contribution is 2.43. The largest absolute Gasteiger partial charge is 0.424 e. The Hall–Kier alpha value is -0.805. The molecular weight excluding hydrogens is 299 g/mol. The molecule has 1 saturated heterocycles. The van der Waals surface area contributed by atoms with Crippen LogP contribution in [0.3, 0.4) is 0 Å². The molecule has 134 valence electrons. The maximum atomic E-state index is 6.77. The predicted molar refractivity (Wildman–Crippen MR) is 98.8 cm³/mol. The molecule has 0 radical (unpaired) electrons. The van der Waals surface area contributed by atoms with Gasteiger partial charge in [-0.1, -0.05) is 33.6 Å². The summed E-state index contributed by atoms with van der Waals surface area (Å²) in [6.07, 6.45) is 7.98. The van der Waals surface area contributed by atoms with Crippen molar-refractivity contribution < 1.29 is 9.39 Å². The third-order valence-corrected chi connectivity index (χ3v) is 6.00. The third-order valence-electron chi connectivity index (χ3n) is 6.00. The molecule has 0 amide bonds. The number of nitrogens with zero attached hydrogens (tertiary/aromatic N) is 2. The predicted octanol–water partition coefficient (Wildman–Crippen LogP) is 4.09. The van der Waals surface area contributed by atoms with E-state index in [0.29, 0.717) is 5.82 Å². The van der Waals surface area contributed by atoms with Crippen molar-refractivity contribution in [2.75, 3.05) is 6.61 Å². The zero-order valence-corrected chi connectivity index (χ0v) is 16.3. The molecule has 2 fully saturated rings. The lowest BCUT2D eigenvalue weighted by molar-refractivity contribution is -0.0387. The van der Waals surface area contributed by atoms with Gasteiger partial charge < -0.3 is 9.39 Å². The smallest absolute Gasteiger partial charge is 0.349 e. The molecule has 24 heavy (non-hydrogen) atoms. The van der Waals surface area contributed by atoms with Crippen molar-refractivity contribution >= 4 is 12.5 Å². The third kappa shape index (κ3) is 3.57. The lowest BCUT2D eigenvalue weighted by atomic mass is 9.56. The maximum absolute atomic E-state index is 6.77. The van der Waals surface area contributed by atoms with E-state index in [4.69, 9.17) is 9.39 Å². The van der Waals surface area contributed by atoms with Crippen LogP contribution in [0.5, 0.6) is 0 Å². The molecule has 4 nitrogen and oxygen atoms in total. The fourth-order valence-electron chi connectivity index (χ4n) is 3.23. The zero-order valence-electron chi connectivity index (χ0n) is 16.3. The van der Waals surface area contributed by atoms with E-state index in [9.17, 15) is 0 Å². The second-order valence-electron chi connectivity index (χ2n) is 9.11. The molecule has 1 aromatic rings. The van der Waals surface area contributed by atoms with Gasteiger partial charge in [-0.3, -0.25) is 0 Å². The number of ether oxygens (including phenoxy) is 1. The van der Waals surface area contributed by atoms with Gasteiger partial charge in [-0.05, 0) is 56.8 Å². The minimum absolute atomic E-state index is 0.0741. The summed E-state index contributed by atoms with van der Waals surface area (Å²) in [5.41, 5.74) is 2.35. The van der Waals surface area contributed by atoms with Crippen LogP contribution < -0.4 is 5.59 Å². The van der Waals surface area contributed by atoms with Crippen LogP contribution >= 0.6 is 0 Å². The van der Waals surface area contributed by atoms with E-state index in [2.05, 4.69) is 51.3 Å². The Labute approximate surface area is 147 Å². The molecular formula is C19H33BN2O2. The van der Waals surface area contributed by atoms with Crippen LogP contribution in [0.1, 0.15) is 78.5 Å². The van der Waals surface area contributed by atoms with Crippen LogP contribution in [0.15, 0.2) is 6.20 Å². The van der Waals surface area contributed by atoms with Gasteiger partial charge in [-0.15, -0.1) is 0 Å². The number of hydrogen-bond acceptors (Lipinski definition) is 3. The summed E-state index contributed by atoms with van der Waals surface area (Å²) >= 11 is 0. The monoisotopic (exact) mass is 332 g/mol. The SMILES string of the molecule is Cc1cnn(C2CCCCO2)c1B(OC(C)(C)C(C)(C)C)C1CC1. The lowest BCUT2D eigenvalue weighted by Crippen LogP contribution is -2.51. The molecule has 0 spiro atoms. The Kier molecular flexibility index (Phi) is 4.87. The first-order valence-corrected chi connectivity index (χ1v) is 9.54. The first-order chi connectivity index (χ1) is 11.2. The van der Waals surface area contributed by atoms with Gasteiger partial charge >= 0.3 is 6.92 Å². The van der Waals surface area contributed by atoms with E-state index in [-0.39, 0.29) is 24.2 Å².